The minimum Gasteiger partial charge on any atom is -0.497 e. The Balaban J connectivity index is 2.13. The molecule has 0 aliphatic heterocycles. The van der Waals surface area contributed by atoms with Gasteiger partial charge in [-0.15, -0.1) is 11.6 Å². The van der Waals surface area contributed by atoms with Gasteiger partial charge in [0, 0.05) is 6.07 Å². The van der Waals surface area contributed by atoms with Crippen LogP contribution in [0.4, 0.5) is 0 Å². The Hall–Kier alpha value is -1.94. The molecule has 5 heteroatoms. The predicted molar refractivity (Wildman–Crippen MR) is 73.7 cm³/mol. The molecule has 4 nitrogen and oxygen atoms in total. The van der Waals surface area contributed by atoms with Gasteiger partial charge in [-0.25, -0.2) is 4.98 Å². The third kappa shape index (κ3) is 2.19. The van der Waals surface area contributed by atoms with Gasteiger partial charge in [-0.3, -0.25) is 0 Å². The second-order valence-corrected chi connectivity index (χ2v) is 4.45. The summed E-state index contributed by atoms with van der Waals surface area (Å²) in [6.45, 7) is 0.610. The largest absolute Gasteiger partial charge is 0.497 e. The van der Waals surface area contributed by atoms with Crippen molar-refractivity contribution in [3.63, 3.8) is 0 Å². The Morgan fingerprint density at radius 3 is 2.95 bits per heavy atom. The Bertz CT molecular complexity index is 689. The number of imidazole rings is 1. The van der Waals surface area contributed by atoms with Crippen molar-refractivity contribution in [2.75, 3.05) is 7.11 Å². The fourth-order valence-corrected chi connectivity index (χ4v) is 2.32. The molecule has 0 saturated heterocycles. The van der Waals surface area contributed by atoms with Gasteiger partial charge in [0.25, 0.3) is 0 Å². The zero-order valence-corrected chi connectivity index (χ0v) is 11.2. The normalized spacial score (nSPS) is 11.1. The lowest BCUT2D eigenvalue weighted by Gasteiger charge is -2.06. The van der Waals surface area contributed by atoms with Crippen molar-refractivity contribution in [1.29, 1.82) is 0 Å². The van der Waals surface area contributed by atoms with Crippen LogP contribution < -0.4 is 4.74 Å². The highest BCUT2D eigenvalue weighted by Gasteiger charge is 2.12. The molecule has 3 rings (SSSR count). The Morgan fingerprint density at radius 1 is 1.37 bits per heavy atom. The average molecular weight is 277 g/mol. The number of methoxy groups -OCH3 is 1. The van der Waals surface area contributed by atoms with Crippen LogP contribution in [-0.4, -0.2) is 16.7 Å². The zero-order valence-electron chi connectivity index (χ0n) is 10.5. The van der Waals surface area contributed by atoms with Gasteiger partial charge < -0.3 is 13.7 Å². The summed E-state index contributed by atoms with van der Waals surface area (Å²) in [4.78, 5) is 4.52. The second-order valence-electron chi connectivity index (χ2n) is 4.18. The van der Waals surface area contributed by atoms with Crippen LogP contribution in [0.1, 0.15) is 11.6 Å². The van der Waals surface area contributed by atoms with Crippen LogP contribution in [0.15, 0.2) is 41.0 Å². The first-order valence-corrected chi connectivity index (χ1v) is 6.47. The minimum atomic E-state index is 0.359. The van der Waals surface area contributed by atoms with Gasteiger partial charge in [0.15, 0.2) is 0 Å². The molecule has 0 aliphatic carbocycles. The lowest BCUT2D eigenvalue weighted by Crippen LogP contribution is -2.03. The SMILES string of the molecule is COc1ccc2nc(CCl)n(Cc3ccco3)c2c1. The summed E-state index contributed by atoms with van der Waals surface area (Å²) in [5, 5.41) is 0. The monoisotopic (exact) mass is 276 g/mol. The molecule has 0 radical (unpaired) electrons. The van der Waals surface area contributed by atoms with Crippen molar-refractivity contribution in [3.8, 4) is 5.75 Å². The van der Waals surface area contributed by atoms with E-state index < -0.39 is 0 Å². The number of fused-ring (bicyclic) bond motifs is 1. The van der Waals surface area contributed by atoms with Crippen molar-refractivity contribution in [2.24, 2.45) is 0 Å². The van der Waals surface area contributed by atoms with E-state index in [1.165, 1.54) is 0 Å². The highest BCUT2D eigenvalue weighted by atomic mass is 35.5. The van der Waals surface area contributed by atoms with E-state index in [4.69, 9.17) is 20.8 Å². The number of halogens is 1. The number of ether oxygens (including phenoxy) is 1. The van der Waals surface area contributed by atoms with E-state index in [9.17, 15) is 0 Å². The van der Waals surface area contributed by atoms with Crippen LogP contribution in [0.5, 0.6) is 5.75 Å². The van der Waals surface area contributed by atoms with E-state index in [1.807, 2.05) is 34.9 Å². The molecule has 0 spiro atoms. The molecule has 3 aromatic rings. The fourth-order valence-electron chi connectivity index (χ4n) is 2.12. The van der Waals surface area contributed by atoms with Crippen molar-refractivity contribution in [2.45, 2.75) is 12.4 Å². The molecule has 1 aromatic carbocycles. The lowest BCUT2D eigenvalue weighted by molar-refractivity contribution is 0.415. The van der Waals surface area contributed by atoms with E-state index in [2.05, 4.69) is 4.98 Å². The van der Waals surface area contributed by atoms with E-state index in [0.717, 1.165) is 28.4 Å². The molecule has 0 unspecified atom stereocenters. The maximum absolute atomic E-state index is 5.97. The summed E-state index contributed by atoms with van der Waals surface area (Å²) in [5.74, 6) is 2.85. The number of furan rings is 1. The first-order valence-electron chi connectivity index (χ1n) is 5.93. The molecule has 2 heterocycles. The molecule has 0 amide bonds. The third-order valence-corrected chi connectivity index (χ3v) is 3.29. The smallest absolute Gasteiger partial charge is 0.125 e. The lowest BCUT2D eigenvalue weighted by atomic mass is 10.3. The van der Waals surface area contributed by atoms with Gasteiger partial charge in [-0.1, -0.05) is 0 Å². The van der Waals surface area contributed by atoms with Crippen LogP contribution in [0, 0.1) is 0 Å². The fraction of sp³-hybridized carbons (Fsp3) is 0.214. The molecular weight excluding hydrogens is 264 g/mol. The number of hydrogen-bond acceptors (Lipinski definition) is 3. The van der Waals surface area contributed by atoms with Crippen molar-refractivity contribution in [3.05, 3.63) is 48.2 Å². The second kappa shape index (κ2) is 4.97. The summed E-state index contributed by atoms with van der Waals surface area (Å²) >= 11 is 5.97. The van der Waals surface area contributed by atoms with Crippen LogP contribution >= 0.6 is 11.6 Å². The molecule has 19 heavy (non-hydrogen) atoms. The number of benzene rings is 1. The number of nitrogens with zero attached hydrogens (tertiary/aromatic N) is 2. The first-order chi connectivity index (χ1) is 9.31. The standard InChI is InChI=1S/C14H13ClN2O2/c1-18-10-4-5-12-13(7-10)17(14(8-15)16-12)9-11-3-2-6-19-11/h2-7H,8-9H2,1H3. The molecule has 0 N–H and O–H groups in total. The third-order valence-electron chi connectivity index (χ3n) is 3.05. The molecule has 0 atom stereocenters. The summed E-state index contributed by atoms with van der Waals surface area (Å²) < 4.78 is 12.7. The molecule has 0 fully saturated rings. The minimum absolute atomic E-state index is 0.359. The molecule has 0 bridgehead atoms. The van der Waals surface area contributed by atoms with Crippen molar-refractivity contribution in [1.82, 2.24) is 9.55 Å². The Labute approximate surface area is 115 Å². The number of hydrogen-bond donors (Lipinski definition) is 0. The summed E-state index contributed by atoms with van der Waals surface area (Å²) in [6, 6.07) is 9.59. The molecule has 98 valence electrons. The predicted octanol–water partition coefficient (Wildman–Crippen LogP) is 3.43. The molecular formula is C14H13ClN2O2. The highest BCUT2D eigenvalue weighted by molar-refractivity contribution is 6.16. The van der Waals surface area contributed by atoms with Gasteiger partial charge >= 0.3 is 0 Å². The molecule has 0 aliphatic rings. The van der Waals surface area contributed by atoms with Crippen molar-refractivity contribution >= 4 is 22.6 Å². The van der Waals surface area contributed by atoms with Gasteiger partial charge in [0.1, 0.15) is 17.3 Å². The Kier molecular flexibility index (Phi) is 3.17. The van der Waals surface area contributed by atoms with E-state index in [1.54, 1.807) is 13.4 Å². The maximum Gasteiger partial charge on any atom is 0.125 e. The number of rotatable bonds is 4. The summed E-state index contributed by atoms with van der Waals surface area (Å²) in [5.41, 5.74) is 1.90. The van der Waals surface area contributed by atoms with Gasteiger partial charge in [-0.2, -0.15) is 0 Å². The van der Waals surface area contributed by atoms with E-state index in [-0.39, 0.29) is 0 Å². The molecule has 0 saturated carbocycles. The number of alkyl halides is 1. The van der Waals surface area contributed by atoms with Gasteiger partial charge in [-0.05, 0) is 24.3 Å². The quantitative estimate of drug-likeness (QED) is 0.686. The van der Waals surface area contributed by atoms with Crippen molar-refractivity contribution < 1.29 is 9.15 Å². The average Bonchev–Trinajstić information content (AvgIpc) is 3.07. The van der Waals surface area contributed by atoms with Crippen LogP contribution in [-0.2, 0) is 12.4 Å². The maximum atomic E-state index is 5.97. The van der Waals surface area contributed by atoms with Gasteiger partial charge in [0.2, 0.25) is 0 Å². The van der Waals surface area contributed by atoms with E-state index in [0.29, 0.717) is 12.4 Å². The van der Waals surface area contributed by atoms with E-state index >= 15 is 0 Å². The number of aromatic nitrogens is 2. The van der Waals surface area contributed by atoms with Gasteiger partial charge in [0.05, 0.1) is 36.8 Å². The van der Waals surface area contributed by atoms with Crippen LogP contribution in [0.3, 0.4) is 0 Å². The van der Waals surface area contributed by atoms with Crippen LogP contribution in [0.25, 0.3) is 11.0 Å². The zero-order chi connectivity index (χ0) is 13.2. The highest BCUT2D eigenvalue weighted by Crippen LogP contribution is 2.23. The molecule has 2 aromatic heterocycles. The first kappa shape index (κ1) is 12.1. The summed E-state index contributed by atoms with van der Waals surface area (Å²) in [6.07, 6.45) is 1.66. The Morgan fingerprint density at radius 2 is 2.26 bits per heavy atom. The van der Waals surface area contributed by atoms with Crippen LogP contribution in [0.2, 0.25) is 0 Å². The topological polar surface area (TPSA) is 40.2 Å². The summed E-state index contributed by atoms with van der Waals surface area (Å²) in [7, 11) is 1.65.